The normalized spacial score (nSPS) is 13.5. The van der Waals surface area contributed by atoms with E-state index in [1.54, 1.807) is 19.1 Å². The lowest BCUT2D eigenvalue weighted by molar-refractivity contribution is -0.139. The van der Waals surface area contributed by atoms with Crippen molar-refractivity contribution in [2.45, 2.75) is 25.6 Å². The third-order valence-corrected chi connectivity index (χ3v) is 2.34. The first-order valence-corrected chi connectivity index (χ1v) is 5.42. The molecule has 1 aromatic rings. The number of hydrogen-bond donors (Lipinski definition) is 1. The predicted molar refractivity (Wildman–Crippen MR) is 60.2 cm³/mol. The molecule has 0 spiro atoms. The molecule has 2 nitrogen and oxygen atoms in total. The van der Waals surface area contributed by atoms with Crippen LogP contribution in [0.25, 0.3) is 0 Å². The van der Waals surface area contributed by atoms with Crippen LogP contribution in [-0.2, 0) is 0 Å². The number of halogens is 4. The highest BCUT2D eigenvalue weighted by atomic mass is 35.5. The third-order valence-electron chi connectivity index (χ3n) is 2.11. The quantitative estimate of drug-likeness (QED) is 0.903. The van der Waals surface area contributed by atoms with E-state index < -0.39 is 19.2 Å². The van der Waals surface area contributed by atoms with Gasteiger partial charge >= 0.3 is 6.18 Å². The molecule has 0 aromatic heterocycles. The molecule has 1 aromatic carbocycles. The zero-order valence-electron chi connectivity index (χ0n) is 9.22. The largest absolute Gasteiger partial charge is 0.493 e. The van der Waals surface area contributed by atoms with Gasteiger partial charge in [0.25, 0.3) is 0 Å². The maximum Gasteiger partial charge on any atom is 0.392 e. The van der Waals surface area contributed by atoms with Gasteiger partial charge in [-0.25, -0.2) is 0 Å². The summed E-state index contributed by atoms with van der Waals surface area (Å²) < 4.78 is 40.9. The van der Waals surface area contributed by atoms with Crippen molar-refractivity contribution in [1.29, 1.82) is 0 Å². The molecular weight excluding hydrogens is 255 g/mol. The number of ether oxygens (including phenoxy) is 1. The van der Waals surface area contributed by atoms with Crippen LogP contribution in [0.3, 0.4) is 0 Å². The Morgan fingerprint density at radius 3 is 2.59 bits per heavy atom. The summed E-state index contributed by atoms with van der Waals surface area (Å²) >= 11 is 5.78. The van der Waals surface area contributed by atoms with E-state index >= 15 is 0 Å². The van der Waals surface area contributed by atoms with Gasteiger partial charge in [-0.15, -0.1) is 0 Å². The second-order valence-electron chi connectivity index (χ2n) is 3.68. The molecular formula is C11H13ClF3NO. The molecule has 0 aliphatic heterocycles. The van der Waals surface area contributed by atoms with Gasteiger partial charge in [-0.1, -0.05) is 11.6 Å². The summed E-state index contributed by atoms with van der Waals surface area (Å²) in [6, 6.07) is 4.32. The zero-order chi connectivity index (χ0) is 13.1. The lowest BCUT2D eigenvalue weighted by Crippen LogP contribution is -2.14. The molecule has 0 aliphatic rings. The first kappa shape index (κ1) is 14.1. The topological polar surface area (TPSA) is 35.2 Å². The van der Waals surface area contributed by atoms with Crippen LogP contribution in [-0.4, -0.2) is 12.8 Å². The molecule has 1 atom stereocenters. The van der Waals surface area contributed by atoms with E-state index in [9.17, 15) is 13.2 Å². The summed E-state index contributed by atoms with van der Waals surface area (Å²) in [7, 11) is 0. The molecule has 0 amide bonds. The SMILES string of the molecule is C[C@H](N)c1cc(Cl)ccc1OCCC(F)(F)F. The fourth-order valence-corrected chi connectivity index (χ4v) is 1.46. The lowest BCUT2D eigenvalue weighted by atomic mass is 10.1. The van der Waals surface area contributed by atoms with Crippen LogP contribution < -0.4 is 10.5 Å². The molecule has 0 saturated heterocycles. The van der Waals surface area contributed by atoms with Crippen molar-refractivity contribution in [3.8, 4) is 5.75 Å². The van der Waals surface area contributed by atoms with Gasteiger partial charge < -0.3 is 10.5 Å². The van der Waals surface area contributed by atoms with Gasteiger partial charge in [-0.3, -0.25) is 0 Å². The predicted octanol–water partition coefficient (Wildman–Crippen LogP) is 3.69. The summed E-state index contributed by atoms with van der Waals surface area (Å²) in [5.74, 6) is 0.341. The van der Waals surface area contributed by atoms with Crippen LogP contribution in [0.2, 0.25) is 5.02 Å². The number of nitrogens with two attached hydrogens (primary N) is 1. The van der Waals surface area contributed by atoms with Crippen molar-refractivity contribution >= 4 is 11.6 Å². The first-order valence-electron chi connectivity index (χ1n) is 5.04. The summed E-state index contributed by atoms with van der Waals surface area (Å²) in [6.45, 7) is 1.28. The molecule has 1 rings (SSSR count). The second kappa shape index (κ2) is 5.60. The lowest BCUT2D eigenvalue weighted by Gasteiger charge is -2.15. The van der Waals surface area contributed by atoms with Crippen molar-refractivity contribution < 1.29 is 17.9 Å². The van der Waals surface area contributed by atoms with E-state index in [1.165, 1.54) is 6.07 Å². The fourth-order valence-electron chi connectivity index (χ4n) is 1.28. The number of hydrogen-bond acceptors (Lipinski definition) is 2. The maximum absolute atomic E-state index is 12.0. The first-order chi connectivity index (χ1) is 7.79. The van der Waals surface area contributed by atoms with E-state index in [4.69, 9.17) is 22.1 Å². The molecule has 0 bridgehead atoms. The highest BCUT2D eigenvalue weighted by molar-refractivity contribution is 6.30. The van der Waals surface area contributed by atoms with E-state index in [0.29, 0.717) is 16.3 Å². The van der Waals surface area contributed by atoms with Crippen LogP contribution >= 0.6 is 11.6 Å². The minimum Gasteiger partial charge on any atom is -0.493 e. The Balaban J connectivity index is 2.70. The average Bonchev–Trinajstić information content (AvgIpc) is 2.18. The van der Waals surface area contributed by atoms with Gasteiger partial charge in [-0.05, 0) is 25.1 Å². The Morgan fingerprint density at radius 1 is 1.41 bits per heavy atom. The molecule has 0 radical (unpaired) electrons. The minimum absolute atomic E-state index is 0.341. The number of alkyl halides is 3. The molecule has 6 heteroatoms. The molecule has 96 valence electrons. The average molecular weight is 268 g/mol. The summed E-state index contributed by atoms with van der Waals surface area (Å²) in [4.78, 5) is 0. The van der Waals surface area contributed by atoms with Gasteiger partial charge in [0, 0.05) is 16.6 Å². The highest BCUT2D eigenvalue weighted by Crippen LogP contribution is 2.28. The van der Waals surface area contributed by atoms with Gasteiger partial charge in [0.1, 0.15) is 5.75 Å². The van der Waals surface area contributed by atoms with E-state index in [-0.39, 0.29) is 6.04 Å². The highest BCUT2D eigenvalue weighted by Gasteiger charge is 2.27. The summed E-state index contributed by atoms with van der Waals surface area (Å²) in [6.07, 6.45) is -5.21. The van der Waals surface area contributed by atoms with Gasteiger partial charge in [0.2, 0.25) is 0 Å². The molecule has 0 heterocycles. The van der Waals surface area contributed by atoms with Crippen LogP contribution in [0, 0.1) is 0 Å². The minimum atomic E-state index is -4.22. The molecule has 0 saturated carbocycles. The zero-order valence-corrected chi connectivity index (χ0v) is 9.98. The van der Waals surface area contributed by atoms with Crippen LogP contribution in [0.5, 0.6) is 5.75 Å². The Labute approximate surface area is 103 Å². The van der Waals surface area contributed by atoms with Crippen molar-refractivity contribution in [3.63, 3.8) is 0 Å². The van der Waals surface area contributed by atoms with Gasteiger partial charge in [0.15, 0.2) is 0 Å². The van der Waals surface area contributed by atoms with E-state index in [2.05, 4.69) is 0 Å². The monoisotopic (exact) mass is 267 g/mol. The second-order valence-corrected chi connectivity index (χ2v) is 4.12. The van der Waals surface area contributed by atoms with Crippen molar-refractivity contribution in [2.75, 3.05) is 6.61 Å². The molecule has 17 heavy (non-hydrogen) atoms. The van der Waals surface area contributed by atoms with Gasteiger partial charge in [-0.2, -0.15) is 13.2 Å². The van der Waals surface area contributed by atoms with Crippen LogP contribution in [0.15, 0.2) is 18.2 Å². The van der Waals surface area contributed by atoms with Crippen molar-refractivity contribution in [1.82, 2.24) is 0 Å². The van der Waals surface area contributed by atoms with Crippen molar-refractivity contribution in [2.24, 2.45) is 5.73 Å². The summed E-state index contributed by atoms with van der Waals surface area (Å²) in [5.41, 5.74) is 6.28. The Kier molecular flexibility index (Phi) is 4.65. The van der Waals surface area contributed by atoms with E-state index in [0.717, 1.165) is 0 Å². The maximum atomic E-state index is 12.0. The number of benzene rings is 1. The van der Waals surface area contributed by atoms with Crippen LogP contribution in [0.1, 0.15) is 24.9 Å². The van der Waals surface area contributed by atoms with E-state index in [1.807, 2.05) is 0 Å². The van der Waals surface area contributed by atoms with Gasteiger partial charge in [0.05, 0.1) is 13.0 Å². The molecule has 2 N–H and O–H groups in total. The standard InChI is InChI=1S/C11H13ClF3NO/c1-7(16)9-6-8(12)2-3-10(9)17-5-4-11(13,14)15/h2-3,6-7H,4-5,16H2,1H3/t7-/m0/s1. The summed E-state index contributed by atoms with van der Waals surface area (Å²) in [5, 5.41) is 0.473. The van der Waals surface area contributed by atoms with Crippen LogP contribution in [0.4, 0.5) is 13.2 Å². The Morgan fingerprint density at radius 2 is 2.06 bits per heavy atom. The van der Waals surface area contributed by atoms with Crippen molar-refractivity contribution in [3.05, 3.63) is 28.8 Å². The molecule has 0 fully saturated rings. The fraction of sp³-hybridized carbons (Fsp3) is 0.455. The smallest absolute Gasteiger partial charge is 0.392 e. The molecule has 0 unspecified atom stereocenters. The Hall–Kier alpha value is -0.940. The number of rotatable bonds is 4. The Bertz CT molecular complexity index is 379. The third kappa shape index (κ3) is 4.83. The molecule has 0 aliphatic carbocycles.